The first-order valence-electron chi connectivity index (χ1n) is 7.85. The maximum Gasteiger partial charge on any atom is 0.253 e. The van der Waals surface area contributed by atoms with Crippen LogP contribution >= 0.6 is 11.6 Å². The number of carbonyl (C=O) groups excluding carboxylic acids is 1. The average Bonchev–Trinajstić information content (AvgIpc) is 3.20. The number of methoxy groups -OCH3 is 1. The van der Waals surface area contributed by atoms with Crippen molar-refractivity contribution in [3.8, 4) is 0 Å². The summed E-state index contributed by atoms with van der Waals surface area (Å²) in [5.41, 5.74) is 1.61. The second-order valence-corrected chi connectivity index (χ2v) is 6.00. The summed E-state index contributed by atoms with van der Waals surface area (Å²) in [6.07, 6.45) is 5.82. The van der Waals surface area contributed by atoms with E-state index in [2.05, 4.69) is 5.32 Å². The highest BCUT2D eigenvalue weighted by Crippen LogP contribution is 2.25. The van der Waals surface area contributed by atoms with Crippen molar-refractivity contribution < 1.29 is 9.53 Å². The van der Waals surface area contributed by atoms with Gasteiger partial charge in [-0.3, -0.25) is 4.79 Å². The zero-order chi connectivity index (χ0) is 16.9. The van der Waals surface area contributed by atoms with Crippen LogP contribution in [-0.4, -0.2) is 35.3 Å². The molecule has 0 saturated carbocycles. The Morgan fingerprint density at radius 1 is 1.25 bits per heavy atom. The molecule has 6 heteroatoms. The third-order valence-electron chi connectivity index (χ3n) is 3.95. The van der Waals surface area contributed by atoms with Gasteiger partial charge in [0.1, 0.15) is 0 Å². The van der Waals surface area contributed by atoms with E-state index in [1.165, 1.54) is 0 Å². The molecular weight excluding hydrogens is 326 g/mol. The summed E-state index contributed by atoms with van der Waals surface area (Å²) >= 11 is 6.11. The van der Waals surface area contributed by atoms with Gasteiger partial charge in [0.25, 0.3) is 5.91 Å². The Balaban J connectivity index is 1.79. The van der Waals surface area contributed by atoms with E-state index in [-0.39, 0.29) is 5.91 Å². The normalized spacial score (nSPS) is 11.1. The van der Waals surface area contributed by atoms with Crippen molar-refractivity contribution >= 4 is 28.4 Å². The second-order valence-electron chi connectivity index (χ2n) is 5.57. The Morgan fingerprint density at radius 3 is 2.79 bits per heavy atom. The smallest absolute Gasteiger partial charge is 0.253 e. The summed E-state index contributed by atoms with van der Waals surface area (Å²) in [4.78, 5) is 12.6. The molecule has 0 aliphatic rings. The number of nitrogens with one attached hydrogen (secondary N) is 1. The molecule has 0 bridgehead atoms. The fourth-order valence-electron chi connectivity index (χ4n) is 2.74. The van der Waals surface area contributed by atoms with Crippen LogP contribution in [0.2, 0.25) is 5.02 Å². The molecule has 5 nitrogen and oxygen atoms in total. The maximum absolute atomic E-state index is 12.6. The van der Waals surface area contributed by atoms with Crippen LogP contribution in [0.15, 0.2) is 48.9 Å². The number of rotatable bonds is 7. The lowest BCUT2D eigenvalue weighted by Crippen LogP contribution is -2.26. The molecule has 2 aromatic heterocycles. The lowest BCUT2D eigenvalue weighted by molar-refractivity contribution is 0.0953. The number of amides is 1. The molecule has 3 aromatic rings. The van der Waals surface area contributed by atoms with Gasteiger partial charge >= 0.3 is 0 Å². The summed E-state index contributed by atoms with van der Waals surface area (Å²) in [5.74, 6) is -0.0920. The molecule has 126 valence electrons. The first-order chi connectivity index (χ1) is 11.7. The van der Waals surface area contributed by atoms with Crippen molar-refractivity contribution in [2.75, 3.05) is 20.3 Å². The van der Waals surface area contributed by atoms with Gasteiger partial charge in [-0.15, -0.1) is 0 Å². The van der Waals surface area contributed by atoms with Gasteiger partial charge in [0.15, 0.2) is 0 Å². The molecule has 1 N–H and O–H groups in total. The van der Waals surface area contributed by atoms with E-state index >= 15 is 0 Å². The molecule has 1 aromatic carbocycles. The van der Waals surface area contributed by atoms with E-state index in [4.69, 9.17) is 16.3 Å². The highest BCUT2D eigenvalue weighted by atomic mass is 35.5. The largest absolute Gasteiger partial charge is 0.383 e. The first kappa shape index (κ1) is 16.6. The molecule has 1 amide bonds. The van der Waals surface area contributed by atoms with E-state index in [1.807, 2.05) is 58.1 Å². The Hall–Kier alpha value is -2.24. The van der Waals surface area contributed by atoms with Crippen molar-refractivity contribution in [1.82, 2.24) is 14.5 Å². The summed E-state index contributed by atoms with van der Waals surface area (Å²) in [7, 11) is 1.66. The van der Waals surface area contributed by atoms with Crippen LogP contribution in [0.1, 0.15) is 10.4 Å². The first-order valence-corrected chi connectivity index (χ1v) is 8.23. The summed E-state index contributed by atoms with van der Waals surface area (Å²) in [6, 6.07) is 9.53. The molecule has 0 atom stereocenters. The lowest BCUT2D eigenvalue weighted by Gasteiger charge is -2.05. The van der Waals surface area contributed by atoms with E-state index in [9.17, 15) is 4.79 Å². The molecule has 0 saturated heterocycles. The molecule has 0 aliphatic heterocycles. The van der Waals surface area contributed by atoms with Crippen molar-refractivity contribution in [2.45, 2.75) is 13.1 Å². The molecule has 2 heterocycles. The van der Waals surface area contributed by atoms with Crippen LogP contribution in [0.3, 0.4) is 0 Å². The molecule has 3 rings (SSSR count). The van der Waals surface area contributed by atoms with Crippen molar-refractivity contribution in [1.29, 1.82) is 0 Å². The van der Waals surface area contributed by atoms with Crippen molar-refractivity contribution in [2.24, 2.45) is 0 Å². The Kier molecular flexibility index (Phi) is 5.23. The van der Waals surface area contributed by atoms with Gasteiger partial charge < -0.3 is 19.2 Å². The van der Waals surface area contributed by atoms with Gasteiger partial charge in [0.2, 0.25) is 0 Å². The third-order valence-corrected chi connectivity index (χ3v) is 4.18. The topological polar surface area (TPSA) is 48.2 Å². The monoisotopic (exact) mass is 345 g/mol. The zero-order valence-corrected chi connectivity index (χ0v) is 14.3. The van der Waals surface area contributed by atoms with Crippen LogP contribution in [0.4, 0.5) is 0 Å². The summed E-state index contributed by atoms with van der Waals surface area (Å²) in [6.45, 7) is 2.58. The van der Waals surface area contributed by atoms with Crippen LogP contribution in [-0.2, 0) is 17.8 Å². The molecule has 0 fully saturated rings. The van der Waals surface area contributed by atoms with Gasteiger partial charge in [-0.25, -0.2) is 0 Å². The summed E-state index contributed by atoms with van der Waals surface area (Å²) < 4.78 is 9.19. The molecule has 0 spiro atoms. The Labute approximate surface area is 145 Å². The number of halogens is 1. The second kappa shape index (κ2) is 7.55. The number of benzene rings is 1. The van der Waals surface area contributed by atoms with Gasteiger partial charge in [-0.05, 0) is 30.3 Å². The van der Waals surface area contributed by atoms with Gasteiger partial charge in [0, 0.05) is 61.3 Å². The van der Waals surface area contributed by atoms with Crippen LogP contribution < -0.4 is 5.32 Å². The number of hydrogen-bond acceptors (Lipinski definition) is 2. The van der Waals surface area contributed by atoms with E-state index in [0.717, 1.165) is 17.4 Å². The summed E-state index contributed by atoms with van der Waals surface area (Å²) in [5, 5.41) is 4.45. The predicted octanol–water partition coefficient (Wildman–Crippen LogP) is 3.17. The third kappa shape index (κ3) is 3.63. The van der Waals surface area contributed by atoms with Crippen molar-refractivity contribution in [3.63, 3.8) is 0 Å². The van der Waals surface area contributed by atoms with E-state index in [1.54, 1.807) is 7.11 Å². The fourth-order valence-corrected chi connectivity index (χ4v) is 2.91. The van der Waals surface area contributed by atoms with Gasteiger partial charge in [0.05, 0.1) is 12.2 Å². The average molecular weight is 346 g/mol. The van der Waals surface area contributed by atoms with E-state index < -0.39 is 0 Å². The number of aromatic nitrogens is 2. The number of ether oxygens (including phenoxy) is 1. The minimum Gasteiger partial charge on any atom is -0.383 e. The molecule has 0 radical (unpaired) electrons. The lowest BCUT2D eigenvalue weighted by atomic mass is 10.1. The number of hydrogen-bond donors (Lipinski definition) is 1. The van der Waals surface area contributed by atoms with Crippen LogP contribution in [0, 0.1) is 0 Å². The van der Waals surface area contributed by atoms with Crippen LogP contribution in [0.5, 0.6) is 0 Å². The quantitative estimate of drug-likeness (QED) is 0.715. The molecule has 0 aliphatic carbocycles. The molecule has 24 heavy (non-hydrogen) atoms. The SMILES string of the molecule is COCCn1cc(C(=O)NCCn2cccc2)c2cc(Cl)ccc21. The Morgan fingerprint density at radius 2 is 2.04 bits per heavy atom. The fraction of sp³-hybridized carbons (Fsp3) is 0.278. The minimum absolute atomic E-state index is 0.0920. The van der Waals surface area contributed by atoms with Gasteiger partial charge in [-0.1, -0.05) is 11.6 Å². The van der Waals surface area contributed by atoms with Crippen LogP contribution in [0.25, 0.3) is 10.9 Å². The molecular formula is C18H20ClN3O2. The van der Waals surface area contributed by atoms with E-state index in [0.29, 0.717) is 30.3 Å². The van der Waals surface area contributed by atoms with Gasteiger partial charge in [-0.2, -0.15) is 0 Å². The number of nitrogens with zero attached hydrogens (tertiary/aromatic N) is 2. The highest BCUT2D eigenvalue weighted by molar-refractivity contribution is 6.31. The number of carbonyl (C=O) groups is 1. The Bertz CT molecular complexity index is 824. The highest BCUT2D eigenvalue weighted by Gasteiger charge is 2.15. The maximum atomic E-state index is 12.6. The minimum atomic E-state index is -0.0920. The van der Waals surface area contributed by atoms with Crippen molar-refractivity contribution in [3.05, 3.63) is 59.5 Å². The standard InChI is InChI=1S/C18H20ClN3O2/c1-24-11-10-22-13-16(15-12-14(19)4-5-17(15)22)18(23)20-6-9-21-7-2-3-8-21/h2-5,7-8,12-13H,6,9-11H2,1H3,(H,20,23). The zero-order valence-electron chi connectivity index (χ0n) is 13.5. The number of fused-ring (bicyclic) bond motifs is 1. The molecule has 0 unspecified atom stereocenters. The predicted molar refractivity (Wildman–Crippen MR) is 95.6 cm³/mol.